The number of hydrogen-bond acceptors (Lipinski definition) is 5. The minimum atomic E-state index is -0.235. The minimum Gasteiger partial charge on any atom is -0.491 e. The average molecular weight is 327 g/mol. The van der Waals surface area contributed by atoms with Crippen molar-refractivity contribution in [3.05, 3.63) is 48.4 Å². The van der Waals surface area contributed by atoms with Crippen molar-refractivity contribution < 1.29 is 14.3 Å². The Morgan fingerprint density at radius 3 is 2.88 bits per heavy atom. The Morgan fingerprint density at radius 2 is 2.08 bits per heavy atom. The Kier molecular flexibility index (Phi) is 5.74. The van der Waals surface area contributed by atoms with Crippen LogP contribution in [-0.4, -0.2) is 35.2 Å². The van der Waals surface area contributed by atoms with Gasteiger partial charge in [-0.2, -0.15) is 0 Å². The molecule has 1 amide bonds. The van der Waals surface area contributed by atoms with Crippen LogP contribution in [0.4, 0.5) is 5.82 Å². The Labute approximate surface area is 141 Å². The van der Waals surface area contributed by atoms with Crippen molar-refractivity contribution in [3.63, 3.8) is 0 Å². The van der Waals surface area contributed by atoms with Crippen molar-refractivity contribution in [2.24, 2.45) is 0 Å². The van der Waals surface area contributed by atoms with Crippen molar-refractivity contribution in [1.82, 2.24) is 9.97 Å². The third-order valence-electron chi connectivity index (χ3n) is 3.93. The molecule has 2 aromatic rings. The predicted molar refractivity (Wildman–Crippen MR) is 90.1 cm³/mol. The highest BCUT2D eigenvalue weighted by Crippen LogP contribution is 2.21. The van der Waals surface area contributed by atoms with Gasteiger partial charge in [0.15, 0.2) is 0 Å². The van der Waals surface area contributed by atoms with Gasteiger partial charge >= 0.3 is 0 Å². The van der Waals surface area contributed by atoms with E-state index in [2.05, 4.69) is 15.3 Å². The summed E-state index contributed by atoms with van der Waals surface area (Å²) in [5.74, 6) is 0.882. The zero-order valence-corrected chi connectivity index (χ0v) is 13.5. The molecule has 6 heteroatoms. The van der Waals surface area contributed by atoms with Gasteiger partial charge in [-0.05, 0) is 37.1 Å². The number of ether oxygens (including phenoxy) is 2. The highest BCUT2D eigenvalue weighted by Gasteiger charge is 2.14. The van der Waals surface area contributed by atoms with E-state index in [1.54, 1.807) is 30.5 Å². The van der Waals surface area contributed by atoms with E-state index in [9.17, 15) is 4.79 Å². The third kappa shape index (κ3) is 4.76. The molecule has 126 valence electrons. The molecule has 3 rings (SSSR count). The maximum Gasteiger partial charge on any atom is 0.256 e. The smallest absolute Gasteiger partial charge is 0.256 e. The van der Waals surface area contributed by atoms with E-state index in [-0.39, 0.29) is 5.91 Å². The number of aromatic nitrogens is 2. The lowest BCUT2D eigenvalue weighted by Gasteiger charge is -2.12. The molecule has 0 aliphatic heterocycles. The number of amides is 1. The second kappa shape index (κ2) is 8.40. The van der Waals surface area contributed by atoms with E-state index >= 15 is 0 Å². The second-order valence-electron chi connectivity index (χ2n) is 5.70. The average Bonchev–Trinajstić information content (AvgIpc) is 3.13. The first kappa shape index (κ1) is 16.4. The highest BCUT2D eigenvalue weighted by atomic mass is 16.5. The number of rotatable bonds is 7. The molecule has 0 radical (unpaired) electrons. The Morgan fingerprint density at radius 1 is 1.21 bits per heavy atom. The molecule has 0 unspecified atom stereocenters. The molecular formula is C18H21N3O3. The zero-order chi connectivity index (χ0) is 16.6. The number of benzene rings is 1. The number of nitrogens with zero attached hydrogens (tertiary/aromatic N) is 2. The van der Waals surface area contributed by atoms with Gasteiger partial charge in [-0.25, -0.2) is 9.97 Å². The molecule has 1 N–H and O–H groups in total. The van der Waals surface area contributed by atoms with Gasteiger partial charge < -0.3 is 14.8 Å². The summed E-state index contributed by atoms with van der Waals surface area (Å²) in [6.07, 6.45) is 8.17. The molecule has 1 fully saturated rings. The SMILES string of the molecule is O=C(Nc1ccncn1)c1cccc(OCCOC2CCCC2)c1. The van der Waals surface area contributed by atoms with Crippen molar-refractivity contribution >= 4 is 11.7 Å². The molecule has 0 atom stereocenters. The van der Waals surface area contributed by atoms with Crippen molar-refractivity contribution in [2.45, 2.75) is 31.8 Å². The lowest BCUT2D eigenvalue weighted by molar-refractivity contribution is 0.0382. The monoisotopic (exact) mass is 327 g/mol. The predicted octanol–water partition coefficient (Wildman–Crippen LogP) is 3.07. The first-order chi connectivity index (χ1) is 11.8. The molecule has 1 aliphatic rings. The van der Waals surface area contributed by atoms with E-state index in [1.165, 1.54) is 19.2 Å². The van der Waals surface area contributed by atoms with Crippen molar-refractivity contribution in [1.29, 1.82) is 0 Å². The van der Waals surface area contributed by atoms with Crippen LogP contribution in [0.3, 0.4) is 0 Å². The maximum absolute atomic E-state index is 12.2. The van der Waals surface area contributed by atoms with Crippen LogP contribution in [0.5, 0.6) is 5.75 Å². The van der Waals surface area contributed by atoms with Gasteiger partial charge in [0.25, 0.3) is 5.91 Å². The number of carbonyl (C=O) groups is 1. The quantitative estimate of drug-likeness (QED) is 0.791. The molecule has 6 nitrogen and oxygen atoms in total. The minimum absolute atomic E-state index is 0.235. The number of nitrogens with one attached hydrogen (secondary N) is 1. The number of hydrogen-bond donors (Lipinski definition) is 1. The van der Waals surface area contributed by atoms with E-state index in [4.69, 9.17) is 9.47 Å². The molecule has 0 spiro atoms. The first-order valence-electron chi connectivity index (χ1n) is 8.23. The summed E-state index contributed by atoms with van der Waals surface area (Å²) >= 11 is 0. The van der Waals surface area contributed by atoms with E-state index in [0.29, 0.717) is 36.4 Å². The maximum atomic E-state index is 12.2. The van der Waals surface area contributed by atoms with Crippen molar-refractivity contribution in [2.75, 3.05) is 18.5 Å². The molecule has 0 saturated heterocycles. The lowest BCUT2D eigenvalue weighted by atomic mass is 10.2. The molecule has 1 saturated carbocycles. The number of carbonyl (C=O) groups excluding carboxylic acids is 1. The van der Waals surface area contributed by atoms with Gasteiger partial charge in [0.1, 0.15) is 24.5 Å². The summed E-state index contributed by atoms with van der Waals surface area (Å²) in [7, 11) is 0. The van der Waals surface area contributed by atoms with Gasteiger partial charge in [-0.1, -0.05) is 18.9 Å². The fourth-order valence-corrected chi connectivity index (χ4v) is 2.71. The van der Waals surface area contributed by atoms with Crippen LogP contribution in [-0.2, 0) is 4.74 Å². The van der Waals surface area contributed by atoms with Crippen LogP contribution in [0.2, 0.25) is 0 Å². The summed E-state index contributed by atoms with van der Waals surface area (Å²) < 4.78 is 11.4. The largest absolute Gasteiger partial charge is 0.491 e. The summed E-state index contributed by atoms with van der Waals surface area (Å²) in [6, 6.07) is 8.71. The molecular weight excluding hydrogens is 306 g/mol. The molecule has 1 aromatic carbocycles. The Balaban J connectivity index is 1.48. The van der Waals surface area contributed by atoms with Gasteiger partial charge in [-0.3, -0.25) is 4.79 Å². The van der Waals surface area contributed by atoms with E-state index < -0.39 is 0 Å². The lowest BCUT2D eigenvalue weighted by Crippen LogP contribution is -2.15. The van der Waals surface area contributed by atoms with Crippen molar-refractivity contribution in [3.8, 4) is 5.75 Å². The van der Waals surface area contributed by atoms with Gasteiger partial charge in [-0.15, -0.1) is 0 Å². The van der Waals surface area contributed by atoms with Crippen LogP contribution >= 0.6 is 0 Å². The first-order valence-corrected chi connectivity index (χ1v) is 8.23. The van der Waals surface area contributed by atoms with Crippen LogP contribution in [0, 0.1) is 0 Å². The standard InChI is InChI=1S/C18H21N3O3/c22-18(21-17-8-9-19-13-20-17)14-4-3-7-16(12-14)24-11-10-23-15-5-1-2-6-15/h3-4,7-9,12-13,15H,1-2,5-6,10-11H2,(H,19,20,21,22). The van der Waals surface area contributed by atoms with E-state index in [0.717, 1.165) is 12.8 Å². The molecule has 1 aromatic heterocycles. The normalized spacial score (nSPS) is 14.5. The van der Waals surface area contributed by atoms with Crippen LogP contribution in [0.25, 0.3) is 0 Å². The van der Waals surface area contributed by atoms with E-state index in [1.807, 2.05) is 6.07 Å². The van der Waals surface area contributed by atoms with Crippen LogP contribution < -0.4 is 10.1 Å². The summed E-state index contributed by atoms with van der Waals surface area (Å²) in [5, 5.41) is 2.72. The fraction of sp³-hybridized carbons (Fsp3) is 0.389. The zero-order valence-electron chi connectivity index (χ0n) is 13.5. The fourth-order valence-electron chi connectivity index (χ4n) is 2.71. The highest BCUT2D eigenvalue weighted by molar-refractivity contribution is 6.03. The number of anilines is 1. The summed E-state index contributed by atoms with van der Waals surface area (Å²) in [4.78, 5) is 20.0. The molecule has 1 aliphatic carbocycles. The van der Waals surface area contributed by atoms with Gasteiger partial charge in [0.2, 0.25) is 0 Å². The van der Waals surface area contributed by atoms with Gasteiger partial charge in [0, 0.05) is 11.8 Å². The third-order valence-corrected chi connectivity index (χ3v) is 3.93. The Hall–Kier alpha value is -2.47. The van der Waals surface area contributed by atoms with Crippen LogP contribution in [0.15, 0.2) is 42.9 Å². The topological polar surface area (TPSA) is 73.3 Å². The summed E-state index contributed by atoms with van der Waals surface area (Å²) in [6.45, 7) is 1.05. The molecule has 24 heavy (non-hydrogen) atoms. The molecule has 1 heterocycles. The Bertz CT molecular complexity index is 658. The van der Waals surface area contributed by atoms with Gasteiger partial charge in [0.05, 0.1) is 12.7 Å². The summed E-state index contributed by atoms with van der Waals surface area (Å²) in [5.41, 5.74) is 0.517. The molecule has 0 bridgehead atoms. The second-order valence-corrected chi connectivity index (χ2v) is 5.70. The van der Waals surface area contributed by atoms with Crippen LogP contribution in [0.1, 0.15) is 36.0 Å².